The zero-order valence-electron chi connectivity index (χ0n) is 11.3. The van der Waals surface area contributed by atoms with E-state index in [9.17, 15) is 5.11 Å². The summed E-state index contributed by atoms with van der Waals surface area (Å²) in [7, 11) is 0. The number of nitrogens with two attached hydrogens (primary N) is 1. The van der Waals surface area contributed by atoms with Crippen LogP contribution in [0.5, 0.6) is 0 Å². The summed E-state index contributed by atoms with van der Waals surface area (Å²) in [6.07, 6.45) is 0.571. The molecule has 0 aromatic heterocycles. The maximum atomic E-state index is 9.26. The summed E-state index contributed by atoms with van der Waals surface area (Å²) in [4.78, 5) is 0. The van der Waals surface area contributed by atoms with Crippen molar-refractivity contribution in [3.63, 3.8) is 0 Å². The lowest BCUT2D eigenvalue weighted by Gasteiger charge is -2.34. The molecule has 0 aliphatic rings. The molecule has 0 saturated heterocycles. The monoisotopic (exact) mass is 255 g/mol. The smallest absolute Gasteiger partial charge is 0.0448 e. The lowest BCUT2D eigenvalue weighted by molar-refractivity contribution is 0.236. The molecule has 0 radical (unpaired) electrons. The molecule has 2 rings (SSSR count). The molecule has 3 N–H and O–H groups in total. The van der Waals surface area contributed by atoms with Crippen LogP contribution in [-0.2, 0) is 0 Å². The molecule has 0 heterocycles. The Morgan fingerprint density at radius 3 is 1.74 bits per heavy atom. The van der Waals surface area contributed by atoms with E-state index in [4.69, 9.17) is 5.73 Å². The molecule has 2 nitrogen and oxygen atoms in total. The van der Waals surface area contributed by atoms with Gasteiger partial charge in [-0.15, -0.1) is 0 Å². The lowest BCUT2D eigenvalue weighted by atomic mass is 9.75. The fraction of sp³-hybridized carbons (Fsp3) is 0.294. The molecule has 0 aliphatic heterocycles. The van der Waals surface area contributed by atoms with Gasteiger partial charge in [-0.2, -0.15) is 0 Å². The van der Waals surface area contributed by atoms with Crippen LogP contribution in [0.1, 0.15) is 30.4 Å². The van der Waals surface area contributed by atoms with Gasteiger partial charge in [0.15, 0.2) is 0 Å². The normalized spacial score (nSPS) is 14.3. The maximum absolute atomic E-state index is 9.26. The third-order valence-corrected chi connectivity index (χ3v) is 3.58. The van der Waals surface area contributed by atoms with E-state index in [1.807, 2.05) is 43.3 Å². The highest BCUT2D eigenvalue weighted by Gasteiger charge is 2.32. The number of hydrogen-bond donors (Lipinski definition) is 2. The Balaban J connectivity index is 2.46. The summed E-state index contributed by atoms with van der Waals surface area (Å²) < 4.78 is 0. The second kappa shape index (κ2) is 6.00. The molecule has 1 unspecified atom stereocenters. The number of hydrogen-bond acceptors (Lipinski definition) is 2. The van der Waals surface area contributed by atoms with Crippen LogP contribution in [0.3, 0.4) is 0 Å². The van der Waals surface area contributed by atoms with Crippen molar-refractivity contribution in [2.45, 2.75) is 24.8 Å². The predicted octanol–water partition coefficient (Wildman–Crippen LogP) is 2.92. The van der Waals surface area contributed by atoms with Crippen LogP contribution in [0.25, 0.3) is 0 Å². The predicted molar refractivity (Wildman–Crippen MR) is 79.0 cm³/mol. The van der Waals surface area contributed by atoms with Crippen LogP contribution in [-0.4, -0.2) is 17.3 Å². The van der Waals surface area contributed by atoms with Gasteiger partial charge in [-0.1, -0.05) is 60.7 Å². The van der Waals surface area contributed by atoms with E-state index >= 15 is 0 Å². The van der Waals surface area contributed by atoms with E-state index in [1.165, 1.54) is 11.1 Å². The zero-order valence-corrected chi connectivity index (χ0v) is 11.3. The quantitative estimate of drug-likeness (QED) is 0.863. The fourth-order valence-electron chi connectivity index (χ4n) is 2.63. The minimum Gasteiger partial charge on any atom is -0.396 e. The Hall–Kier alpha value is -1.64. The first kappa shape index (κ1) is 13.8. The standard InChI is InChI=1S/C17H21NO/c1-17(18,12-13-19)16(14-8-4-2-5-9-14)15-10-6-3-7-11-15/h2-11,16,19H,12-13,18H2,1H3. The second-order valence-corrected chi connectivity index (χ2v) is 5.23. The molecule has 2 heteroatoms. The summed E-state index contributed by atoms with van der Waals surface area (Å²) in [5.41, 5.74) is 8.38. The highest BCUT2D eigenvalue weighted by molar-refractivity contribution is 5.36. The Bertz CT molecular complexity index is 454. The first-order chi connectivity index (χ1) is 9.15. The molecule has 0 bridgehead atoms. The first-order valence-corrected chi connectivity index (χ1v) is 6.65. The van der Waals surface area contributed by atoms with Gasteiger partial charge in [0, 0.05) is 18.1 Å². The van der Waals surface area contributed by atoms with Crippen molar-refractivity contribution in [3.05, 3.63) is 71.8 Å². The number of benzene rings is 2. The maximum Gasteiger partial charge on any atom is 0.0448 e. The van der Waals surface area contributed by atoms with E-state index in [1.54, 1.807) is 0 Å². The fourth-order valence-corrected chi connectivity index (χ4v) is 2.63. The Morgan fingerprint density at radius 1 is 0.947 bits per heavy atom. The van der Waals surface area contributed by atoms with Gasteiger partial charge in [0.05, 0.1) is 0 Å². The molecular formula is C17H21NO. The van der Waals surface area contributed by atoms with Crippen LogP contribution in [0.4, 0.5) is 0 Å². The van der Waals surface area contributed by atoms with Gasteiger partial charge < -0.3 is 10.8 Å². The number of aliphatic hydroxyl groups excluding tert-OH is 1. The molecule has 1 atom stereocenters. The summed E-state index contributed by atoms with van der Waals surface area (Å²) in [6.45, 7) is 2.11. The van der Waals surface area contributed by atoms with E-state index < -0.39 is 5.54 Å². The molecule has 0 amide bonds. The molecule has 0 aliphatic carbocycles. The highest BCUT2D eigenvalue weighted by atomic mass is 16.3. The molecule has 0 saturated carbocycles. The van der Waals surface area contributed by atoms with Gasteiger partial charge in [0.25, 0.3) is 0 Å². The van der Waals surface area contributed by atoms with E-state index in [-0.39, 0.29) is 12.5 Å². The van der Waals surface area contributed by atoms with E-state index in [0.29, 0.717) is 6.42 Å². The first-order valence-electron chi connectivity index (χ1n) is 6.65. The van der Waals surface area contributed by atoms with Crippen molar-refractivity contribution in [2.75, 3.05) is 6.61 Å². The van der Waals surface area contributed by atoms with Gasteiger partial charge in [-0.3, -0.25) is 0 Å². The van der Waals surface area contributed by atoms with Gasteiger partial charge >= 0.3 is 0 Å². The largest absolute Gasteiger partial charge is 0.396 e. The Kier molecular flexibility index (Phi) is 4.35. The molecule has 100 valence electrons. The van der Waals surface area contributed by atoms with Crippen molar-refractivity contribution in [1.29, 1.82) is 0 Å². The average Bonchev–Trinajstić information content (AvgIpc) is 2.41. The zero-order chi connectivity index (χ0) is 13.7. The minimum absolute atomic E-state index is 0.0852. The van der Waals surface area contributed by atoms with Crippen LogP contribution in [0.15, 0.2) is 60.7 Å². The average molecular weight is 255 g/mol. The Labute approximate surface area is 114 Å². The van der Waals surface area contributed by atoms with Gasteiger partial charge in [-0.25, -0.2) is 0 Å². The molecule has 2 aromatic rings. The van der Waals surface area contributed by atoms with Crippen molar-refractivity contribution in [3.8, 4) is 0 Å². The SMILES string of the molecule is CC(N)(CCO)C(c1ccccc1)c1ccccc1. The van der Waals surface area contributed by atoms with Gasteiger partial charge in [-0.05, 0) is 24.5 Å². The van der Waals surface area contributed by atoms with Crippen molar-refractivity contribution in [2.24, 2.45) is 5.73 Å². The van der Waals surface area contributed by atoms with Crippen LogP contribution < -0.4 is 5.73 Å². The molecule has 0 spiro atoms. The summed E-state index contributed by atoms with van der Waals surface area (Å²) in [6, 6.07) is 20.5. The number of rotatable bonds is 5. The highest BCUT2D eigenvalue weighted by Crippen LogP contribution is 2.35. The van der Waals surface area contributed by atoms with Gasteiger partial charge in [0.1, 0.15) is 0 Å². The molecular weight excluding hydrogens is 234 g/mol. The van der Waals surface area contributed by atoms with E-state index in [2.05, 4.69) is 24.3 Å². The molecule has 2 aromatic carbocycles. The third kappa shape index (κ3) is 3.22. The third-order valence-electron chi connectivity index (χ3n) is 3.58. The minimum atomic E-state index is -0.475. The van der Waals surface area contributed by atoms with E-state index in [0.717, 1.165) is 0 Å². The summed E-state index contributed by atoms with van der Waals surface area (Å²) >= 11 is 0. The molecule has 0 fully saturated rings. The lowest BCUT2D eigenvalue weighted by Crippen LogP contribution is -2.44. The van der Waals surface area contributed by atoms with Crippen molar-refractivity contribution < 1.29 is 5.11 Å². The second-order valence-electron chi connectivity index (χ2n) is 5.23. The van der Waals surface area contributed by atoms with Crippen LogP contribution in [0, 0.1) is 0 Å². The van der Waals surface area contributed by atoms with Crippen LogP contribution >= 0.6 is 0 Å². The Morgan fingerprint density at radius 2 is 1.37 bits per heavy atom. The topological polar surface area (TPSA) is 46.2 Å². The summed E-state index contributed by atoms with van der Waals surface area (Å²) in [5, 5.41) is 9.26. The number of aliphatic hydroxyl groups is 1. The van der Waals surface area contributed by atoms with Crippen LogP contribution in [0.2, 0.25) is 0 Å². The van der Waals surface area contributed by atoms with Crippen molar-refractivity contribution >= 4 is 0 Å². The van der Waals surface area contributed by atoms with Gasteiger partial charge in [0.2, 0.25) is 0 Å². The summed E-state index contributed by atoms with van der Waals surface area (Å²) in [5.74, 6) is 0.0852. The van der Waals surface area contributed by atoms with Crippen molar-refractivity contribution in [1.82, 2.24) is 0 Å². The molecule has 19 heavy (non-hydrogen) atoms.